The van der Waals surface area contributed by atoms with Gasteiger partial charge >= 0.3 is 0 Å². The van der Waals surface area contributed by atoms with E-state index in [1.54, 1.807) is 26.4 Å². The summed E-state index contributed by atoms with van der Waals surface area (Å²) in [6, 6.07) is 11.3. The Morgan fingerprint density at radius 2 is 1.67 bits per heavy atom. The molecule has 0 fully saturated rings. The number of methoxy groups -OCH3 is 2. The van der Waals surface area contributed by atoms with Crippen LogP contribution < -0.4 is 14.2 Å². The van der Waals surface area contributed by atoms with Gasteiger partial charge in [0, 0.05) is 10.0 Å². The second kappa shape index (κ2) is 7.33. The van der Waals surface area contributed by atoms with Crippen LogP contribution in [-0.4, -0.2) is 19.3 Å². The summed E-state index contributed by atoms with van der Waals surface area (Å²) in [7, 11) is 3.11. The molecule has 21 heavy (non-hydrogen) atoms. The van der Waals surface area contributed by atoms with Crippen LogP contribution in [0.3, 0.4) is 0 Å². The smallest absolute Gasteiger partial charge is 0.203 e. The standard InChI is InChI=1S/C16H17BrO4/c1-19-14-7-11(9-18)8-15(20-2)16(14)21-10-12-5-3-4-6-13(12)17/h3-8,18H,9-10H2,1-2H3. The van der Waals surface area contributed by atoms with E-state index in [1.807, 2.05) is 24.3 Å². The zero-order valence-corrected chi connectivity index (χ0v) is 13.5. The highest BCUT2D eigenvalue weighted by Crippen LogP contribution is 2.39. The second-order valence-electron chi connectivity index (χ2n) is 4.37. The first-order valence-corrected chi connectivity index (χ1v) is 7.20. The molecule has 0 spiro atoms. The van der Waals surface area contributed by atoms with Crippen molar-refractivity contribution in [1.82, 2.24) is 0 Å². The molecule has 0 saturated carbocycles. The molecule has 0 bridgehead atoms. The molecule has 0 saturated heterocycles. The minimum absolute atomic E-state index is 0.0861. The fourth-order valence-electron chi connectivity index (χ4n) is 1.93. The number of aliphatic hydroxyl groups excluding tert-OH is 1. The van der Waals surface area contributed by atoms with Crippen molar-refractivity contribution in [2.24, 2.45) is 0 Å². The van der Waals surface area contributed by atoms with Gasteiger partial charge in [-0.2, -0.15) is 0 Å². The van der Waals surface area contributed by atoms with Gasteiger partial charge in [-0.15, -0.1) is 0 Å². The van der Waals surface area contributed by atoms with Crippen molar-refractivity contribution in [2.75, 3.05) is 14.2 Å². The number of benzene rings is 2. The van der Waals surface area contributed by atoms with Crippen molar-refractivity contribution in [2.45, 2.75) is 13.2 Å². The summed E-state index contributed by atoms with van der Waals surface area (Å²) in [5.41, 5.74) is 1.73. The lowest BCUT2D eigenvalue weighted by molar-refractivity contribution is 0.259. The van der Waals surface area contributed by atoms with Crippen LogP contribution in [0.15, 0.2) is 40.9 Å². The highest BCUT2D eigenvalue weighted by molar-refractivity contribution is 9.10. The van der Waals surface area contributed by atoms with Crippen LogP contribution in [0.5, 0.6) is 17.2 Å². The van der Waals surface area contributed by atoms with Gasteiger partial charge in [-0.1, -0.05) is 34.1 Å². The van der Waals surface area contributed by atoms with Crippen LogP contribution in [0.4, 0.5) is 0 Å². The monoisotopic (exact) mass is 352 g/mol. The Kier molecular flexibility index (Phi) is 5.47. The van der Waals surface area contributed by atoms with E-state index < -0.39 is 0 Å². The van der Waals surface area contributed by atoms with Crippen molar-refractivity contribution in [3.8, 4) is 17.2 Å². The average molecular weight is 353 g/mol. The molecule has 2 rings (SSSR count). The first kappa shape index (κ1) is 15.7. The summed E-state index contributed by atoms with van der Waals surface area (Å²) in [6.07, 6.45) is 0. The van der Waals surface area contributed by atoms with Crippen LogP contribution in [-0.2, 0) is 13.2 Å². The molecule has 0 unspecified atom stereocenters. The number of ether oxygens (including phenoxy) is 3. The van der Waals surface area contributed by atoms with Gasteiger partial charge in [0.1, 0.15) is 6.61 Å². The normalized spacial score (nSPS) is 10.3. The lowest BCUT2D eigenvalue weighted by atomic mass is 10.2. The SMILES string of the molecule is COc1cc(CO)cc(OC)c1OCc1ccccc1Br. The number of aliphatic hydroxyl groups is 1. The van der Waals surface area contributed by atoms with Crippen LogP contribution in [0.1, 0.15) is 11.1 Å². The molecule has 4 nitrogen and oxygen atoms in total. The average Bonchev–Trinajstić information content (AvgIpc) is 2.53. The van der Waals surface area contributed by atoms with E-state index in [0.29, 0.717) is 29.4 Å². The molecule has 0 atom stereocenters. The van der Waals surface area contributed by atoms with Crippen molar-refractivity contribution in [3.05, 3.63) is 52.0 Å². The predicted molar refractivity (Wildman–Crippen MR) is 83.9 cm³/mol. The maximum absolute atomic E-state index is 9.25. The first-order valence-electron chi connectivity index (χ1n) is 6.41. The molecule has 0 aliphatic rings. The molecule has 0 radical (unpaired) electrons. The summed E-state index contributed by atoms with van der Waals surface area (Å²) in [4.78, 5) is 0. The van der Waals surface area contributed by atoms with Gasteiger partial charge in [-0.05, 0) is 23.8 Å². The Morgan fingerprint density at radius 3 is 2.19 bits per heavy atom. The molecule has 5 heteroatoms. The van der Waals surface area contributed by atoms with Gasteiger partial charge in [0.25, 0.3) is 0 Å². The first-order chi connectivity index (χ1) is 10.2. The van der Waals surface area contributed by atoms with E-state index in [0.717, 1.165) is 10.0 Å². The number of rotatable bonds is 6. The Labute approximate surface area is 132 Å². The van der Waals surface area contributed by atoms with Gasteiger partial charge < -0.3 is 19.3 Å². The number of halogens is 1. The summed E-state index contributed by atoms with van der Waals surface area (Å²) in [5, 5.41) is 9.25. The Hall–Kier alpha value is -1.72. The third-order valence-electron chi connectivity index (χ3n) is 3.03. The van der Waals surface area contributed by atoms with Crippen molar-refractivity contribution in [1.29, 1.82) is 0 Å². The van der Waals surface area contributed by atoms with E-state index in [9.17, 15) is 5.11 Å². The third-order valence-corrected chi connectivity index (χ3v) is 3.81. The van der Waals surface area contributed by atoms with Crippen LogP contribution in [0.25, 0.3) is 0 Å². The topological polar surface area (TPSA) is 47.9 Å². The minimum Gasteiger partial charge on any atom is -0.493 e. The van der Waals surface area contributed by atoms with Crippen LogP contribution in [0.2, 0.25) is 0 Å². The molecule has 0 heterocycles. The fraction of sp³-hybridized carbons (Fsp3) is 0.250. The highest BCUT2D eigenvalue weighted by Gasteiger charge is 2.14. The quantitative estimate of drug-likeness (QED) is 0.863. The van der Waals surface area contributed by atoms with E-state index in [-0.39, 0.29) is 6.61 Å². The van der Waals surface area contributed by atoms with Gasteiger partial charge in [0.2, 0.25) is 5.75 Å². The van der Waals surface area contributed by atoms with E-state index in [1.165, 1.54) is 0 Å². The largest absolute Gasteiger partial charge is 0.493 e. The van der Waals surface area contributed by atoms with Gasteiger partial charge in [-0.25, -0.2) is 0 Å². The Balaban J connectivity index is 2.28. The molecule has 2 aromatic carbocycles. The van der Waals surface area contributed by atoms with Crippen LogP contribution >= 0.6 is 15.9 Å². The number of hydrogen-bond donors (Lipinski definition) is 1. The Morgan fingerprint density at radius 1 is 1.05 bits per heavy atom. The summed E-state index contributed by atoms with van der Waals surface area (Å²) < 4.78 is 17.5. The predicted octanol–water partition coefficient (Wildman–Crippen LogP) is 3.54. The summed E-state index contributed by atoms with van der Waals surface area (Å²) >= 11 is 3.49. The van der Waals surface area contributed by atoms with E-state index in [4.69, 9.17) is 14.2 Å². The lowest BCUT2D eigenvalue weighted by Crippen LogP contribution is -2.02. The number of hydrogen-bond acceptors (Lipinski definition) is 4. The van der Waals surface area contributed by atoms with Crippen molar-refractivity contribution in [3.63, 3.8) is 0 Å². The highest BCUT2D eigenvalue weighted by atomic mass is 79.9. The van der Waals surface area contributed by atoms with E-state index in [2.05, 4.69) is 15.9 Å². The molecular weight excluding hydrogens is 336 g/mol. The summed E-state index contributed by atoms with van der Waals surface area (Å²) in [5.74, 6) is 1.59. The Bertz CT molecular complexity index is 588. The lowest BCUT2D eigenvalue weighted by Gasteiger charge is -2.16. The molecule has 112 valence electrons. The molecule has 0 aliphatic heterocycles. The minimum atomic E-state index is -0.0861. The molecule has 0 amide bonds. The maximum Gasteiger partial charge on any atom is 0.203 e. The zero-order chi connectivity index (χ0) is 15.2. The molecule has 2 aromatic rings. The molecule has 1 N–H and O–H groups in total. The van der Waals surface area contributed by atoms with Gasteiger partial charge in [-0.3, -0.25) is 0 Å². The molecular formula is C16H17BrO4. The molecule has 0 aromatic heterocycles. The molecule has 0 aliphatic carbocycles. The fourth-order valence-corrected chi connectivity index (χ4v) is 2.33. The zero-order valence-electron chi connectivity index (χ0n) is 11.9. The second-order valence-corrected chi connectivity index (χ2v) is 5.22. The van der Waals surface area contributed by atoms with Gasteiger partial charge in [0.05, 0.1) is 20.8 Å². The van der Waals surface area contributed by atoms with Crippen molar-refractivity contribution < 1.29 is 19.3 Å². The maximum atomic E-state index is 9.25. The van der Waals surface area contributed by atoms with Crippen molar-refractivity contribution >= 4 is 15.9 Å². The summed E-state index contributed by atoms with van der Waals surface area (Å²) in [6.45, 7) is 0.295. The van der Waals surface area contributed by atoms with E-state index >= 15 is 0 Å². The van der Waals surface area contributed by atoms with Gasteiger partial charge in [0.15, 0.2) is 11.5 Å². The van der Waals surface area contributed by atoms with Crippen LogP contribution in [0, 0.1) is 0 Å². The third kappa shape index (κ3) is 3.68.